The van der Waals surface area contributed by atoms with Crippen LogP contribution in [0.1, 0.15) is 31.1 Å². The number of hydrogen-bond donors (Lipinski definition) is 1. The summed E-state index contributed by atoms with van der Waals surface area (Å²) in [5, 5.41) is 2.90. The zero-order valence-electron chi connectivity index (χ0n) is 14.0. The van der Waals surface area contributed by atoms with E-state index in [1.165, 1.54) is 12.1 Å². The number of carbonyl (C=O) groups excluding carboxylic acids is 1. The molecule has 1 amide bonds. The number of amides is 1. The van der Waals surface area contributed by atoms with Crippen molar-refractivity contribution in [3.8, 4) is 0 Å². The molecule has 1 aromatic rings. The van der Waals surface area contributed by atoms with Gasteiger partial charge in [0.25, 0.3) is 5.91 Å². The van der Waals surface area contributed by atoms with Gasteiger partial charge in [-0.25, -0.2) is 8.42 Å². The number of hydrogen-bond acceptors (Lipinski definition) is 4. The molecule has 1 atom stereocenters. The van der Waals surface area contributed by atoms with Crippen LogP contribution in [0.2, 0.25) is 0 Å². The minimum atomic E-state index is -3.23. The highest BCUT2D eigenvalue weighted by atomic mass is 32.2. The summed E-state index contributed by atoms with van der Waals surface area (Å²) in [4.78, 5) is 14.5. The third-order valence-electron chi connectivity index (χ3n) is 3.76. The van der Waals surface area contributed by atoms with E-state index in [2.05, 4.69) is 24.1 Å². The number of carbonyl (C=O) groups is 1. The molecule has 0 saturated heterocycles. The average molecular weight is 326 g/mol. The lowest BCUT2D eigenvalue weighted by molar-refractivity contribution is 0.0934. The third-order valence-corrected chi connectivity index (χ3v) is 5.51. The molecule has 0 spiro atoms. The maximum absolute atomic E-state index is 12.1. The summed E-state index contributed by atoms with van der Waals surface area (Å²) < 4.78 is 23.5. The number of benzene rings is 1. The summed E-state index contributed by atoms with van der Waals surface area (Å²) in [6.45, 7) is 6.38. The molecule has 0 saturated carbocycles. The van der Waals surface area contributed by atoms with Crippen LogP contribution in [0, 0.1) is 5.92 Å². The Morgan fingerprint density at radius 1 is 1.18 bits per heavy atom. The van der Waals surface area contributed by atoms with E-state index >= 15 is 0 Å². The van der Waals surface area contributed by atoms with Crippen LogP contribution in [0.25, 0.3) is 0 Å². The Kier molecular flexibility index (Phi) is 6.56. The number of rotatable bonds is 7. The van der Waals surface area contributed by atoms with Crippen molar-refractivity contribution in [3.05, 3.63) is 29.8 Å². The molecule has 1 rings (SSSR count). The Hall–Kier alpha value is -1.40. The van der Waals surface area contributed by atoms with E-state index in [-0.39, 0.29) is 22.6 Å². The Morgan fingerprint density at radius 3 is 2.14 bits per heavy atom. The van der Waals surface area contributed by atoms with Crippen molar-refractivity contribution in [3.63, 3.8) is 0 Å². The topological polar surface area (TPSA) is 66.5 Å². The van der Waals surface area contributed by atoms with Gasteiger partial charge in [-0.2, -0.15) is 0 Å². The molecule has 0 heterocycles. The largest absolute Gasteiger partial charge is 0.350 e. The Morgan fingerprint density at radius 2 is 1.73 bits per heavy atom. The van der Waals surface area contributed by atoms with Gasteiger partial charge in [-0.3, -0.25) is 4.79 Å². The van der Waals surface area contributed by atoms with E-state index in [1.54, 1.807) is 19.1 Å². The minimum Gasteiger partial charge on any atom is -0.350 e. The Bertz CT molecular complexity index is 584. The monoisotopic (exact) mass is 326 g/mol. The standard InChI is InChI=1S/C16H26N2O3S/c1-6-22(20,21)14-9-7-13(8-10-14)16(19)17-11-15(12(2)3)18(4)5/h7-10,12,15H,6,11H2,1-5H3,(H,17,19). The lowest BCUT2D eigenvalue weighted by atomic mass is 10.0. The summed E-state index contributed by atoms with van der Waals surface area (Å²) in [5.74, 6) is 0.289. The fraction of sp³-hybridized carbons (Fsp3) is 0.562. The van der Waals surface area contributed by atoms with E-state index < -0.39 is 9.84 Å². The molecule has 0 radical (unpaired) electrons. The van der Waals surface area contributed by atoms with Gasteiger partial charge in [0.2, 0.25) is 0 Å². The van der Waals surface area contributed by atoms with Gasteiger partial charge in [-0.05, 0) is 44.3 Å². The fourth-order valence-corrected chi connectivity index (χ4v) is 3.18. The molecule has 22 heavy (non-hydrogen) atoms. The number of nitrogens with one attached hydrogen (secondary N) is 1. The van der Waals surface area contributed by atoms with Crippen LogP contribution in [-0.4, -0.2) is 51.7 Å². The molecular weight excluding hydrogens is 300 g/mol. The number of sulfone groups is 1. The molecule has 0 bridgehead atoms. The first-order chi connectivity index (χ1) is 10.2. The molecule has 0 fully saturated rings. The van der Waals surface area contributed by atoms with E-state index in [9.17, 15) is 13.2 Å². The second kappa shape index (κ2) is 7.74. The van der Waals surface area contributed by atoms with Gasteiger partial charge in [-0.1, -0.05) is 20.8 Å². The summed E-state index contributed by atoms with van der Waals surface area (Å²) in [6, 6.07) is 6.33. The van der Waals surface area contributed by atoms with Crippen molar-refractivity contribution in [2.75, 3.05) is 26.4 Å². The van der Waals surface area contributed by atoms with Crippen LogP contribution in [0.15, 0.2) is 29.2 Å². The van der Waals surface area contributed by atoms with Gasteiger partial charge >= 0.3 is 0 Å². The minimum absolute atomic E-state index is 0.0530. The van der Waals surface area contributed by atoms with Crippen LogP contribution in [0.3, 0.4) is 0 Å². The van der Waals surface area contributed by atoms with Crippen LogP contribution >= 0.6 is 0 Å². The maximum Gasteiger partial charge on any atom is 0.251 e. The Balaban J connectivity index is 2.75. The lowest BCUT2D eigenvalue weighted by Gasteiger charge is -2.28. The van der Waals surface area contributed by atoms with Crippen LogP contribution in [-0.2, 0) is 9.84 Å². The normalized spacial score (nSPS) is 13.4. The predicted octanol–water partition coefficient (Wildman–Crippen LogP) is 1.80. The first-order valence-corrected chi connectivity index (χ1v) is 9.11. The first kappa shape index (κ1) is 18.6. The highest BCUT2D eigenvalue weighted by molar-refractivity contribution is 7.91. The van der Waals surface area contributed by atoms with Crippen LogP contribution in [0.5, 0.6) is 0 Å². The van der Waals surface area contributed by atoms with E-state index in [1.807, 2.05) is 14.1 Å². The summed E-state index contributed by atoms with van der Waals surface area (Å²) in [6.07, 6.45) is 0. The van der Waals surface area contributed by atoms with Gasteiger partial charge in [0.15, 0.2) is 9.84 Å². The molecule has 0 aliphatic carbocycles. The van der Waals surface area contributed by atoms with Gasteiger partial charge in [0.1, 0.15) is 0 Å². The van der Waals surface area contributed by atoms with E-state index in [0.717, 1.165) is 0 Å². The quantitative estimate of drug-likeness (QED) is 0.830. The second-order valence-corrected chi connectivity index (χ2v) is 8.19. The summed E-state index contributed by atoms with van der Waals surface area (Å²) in [7, 11) is 0.747. The van der Waals surface area contributed by atoms with Crippen molar-refractivity contribution < 1.29 is 13.2 Å². The predicted molar refractivity (Wildman–Crippen MR) is 88.8 cm³/mol. The van der Waals surface area contributed by atoms with Crippen molar-refractivity contribution in [2.24, 2.45) is 5.92 Å². The molecule has 0 aliphatic rings. The zero-order chi connectivity index (χ0) is 16.9. The third kappa shape index (κ3) is 4.81. The molecule has 0 aromatic heterocycles. The van der Waals surface area contributed by atoms with Crippen LogP contribution < -0.4 is 5.32 Å². The van der Waals surface area contributed by atoms with E-state index in [0.29, 0.717) is 18.0 Å². The zero-order valence-corrected chi connectivity index (χ0v) is 14.8. The molecule has 6 heteroatoms. The maximum atomic E-state index is 12.1. The Labute approximate surface area is 133 Å². The van der Waals surface area contributed by atoms with Gasteiger partial charge in [0, 0.05) is 18.2 Å². The molecule has 5 nitrogen and oxygen atoms in total. The molecular formula is C16H26N2O3S. The molecule has 124 valence electrons. The number of likely N-dealkylation sites (N-methyl/N-ethyl adjacent to an activating group) is 1. The first-order valence-electron chi connectivity index (χ1n) is 7.46. The highest BCUT2D eigenvalue weighted by Gasteiger charge is 2.17. The molecule has 1 aromatic carbocycles. The van der Waals surface area contributed by atoms with Crippen molar-refractivity contribution in [1.29, 1.82) is 0 Å². The van der Waals surface area contributed by atoms with Gasteiger partial charge in [-0.15, -0.1) is 0 Å². The van der Waals surface area contributed by atoms with Crippen molar-refractivity contribution in [1.82, 2.24) is 10.2 Å². The molecule has 0 aliphatic heterocycles. The highest BCUT2D eigenvalue weighted by Crippen LogP contribution is 2.12. The van der Waals surface area contributed by atoms with Gasteiger partial charge in [0.05, 0.1) is 10.6 Å². The lowest BCUT2D eigenvalue weighted by Crippen LogP contribution is -2.43. The number of nitrogens with zero attached hydrogens (tertiary/aromatic N) is 1. The SMILES string of the molecule is CCS(=O)(=O)c1ccc(C(=O)NCC(C(C)C)N(C)C)cc1. The second-order valence-electron chi connectivity index (χ2n) is 5.91. The average Bonchev–Trinajstić information content (AvgIpc) is 2.46. The van der Waals surface area contributed by atoms with Crippen molar-refractivity contribution >= 4 is 15.7 Å². The molecule has 1 unspecified atom stereocenters. The fourth-order valence-electron chi connectivity index (χ4n) is 2.29. The van der Waals surface area contributed by atoms with Gasteiger partial charge < -0.3 is 10.2 Å². The van der Waals surface area contributed by atoms with E-state index in [4.69, 9.17) is 0 Å². The van der Waals surface area contributed by atoms with Crippen LogP contribution in [0.4, 0.5) is 0 Å². The summed E-state index contributed by atoms with van der Waals surface area (Å²) >= 11 is 0. The smallest absolute Gasteiger partial charge is 0.251 e. The summed E-state index contributed by atoms with van der Waals surface area (Å²) in [5.41, 5.74) is 0.469. The molecule has 1 N–H and O–H groups in total. The van der Waals surface area contributed by atoms with Crippen molar-refractivity contribution in [2.45, 2.75) is 31.7 Å².